The first kappa shape index (κ1) is 21.4. The zero-order valence-electron chi connectivity index (χ0n) is 19.5. The number of aromatic nitrogens is 4. The standard InChI is InChI=1S/C26H29N5O2/c1-17-12-21(15-29(4)26(17)32)25-28-22-14-27-24(30-10-11-33-16-18(30)2)13-23(22)31(25)19(3)20-8-6-5-7-9-20/h5-9,12-15,18-19H,10-11,16H2,1-4H3/t18-,19?/m0/s1. The Morgan fingerprint density at radius 2 is 1.97 bits per heavy atom. The molecule has 0 saturated carbocycles. The van der Waals surface area contributed by atoms with Crippen LogP contribution in [0.15, 0.2) is 59.7 Å². The lowest BCUT2D eigenvalue weighted by Crippen LogP contribution is -2.44. The Kier molecular flexibility index (Phi) is 5.50. The maximum absolute atomic E-state index is 12.3. The Balaban J connectivity index is 1.73. The summed E-state index contributed by atoms with van der Waals surface area (Å²) in [6.07, 6.45) is 3.72. The van der Waals surface area contributed by atoms with Crippen LogP contribution in [0.2, 0.25) is 0 Å². The van der Waals surface area contributed by atoms with Crippen molar-refractivity contribution in [1.82, 2.24) is 19.1 Å². The third-order valence-corrected chi connectivity index (χ3v) is 6.51. The van der Waals surface area contributed by atoms with Gasteiger partial charge in [0.2, 0.25) is 0 Å². The molecule has 1 aliphatic heterocycles. The van der Waals surface area contributed by atoms with Crippen LogP contribution in [-0.4, -0.2) is 44.9 Å². The zero-order valence-corrected chi connectivity index (χ0v) is 19.5. The van der Waals surface area contributed by atoms with E-state index in [0.717, 1.165) is 34.8 Å². The normalized spacial score (nSPS) is 17.5. The van der Waals surface area contributed by atoms with Gasteiger partial charge in [-0.05, 0) is 32.4 Å². The van der Waals surface area contributed by atoms with Crippen LogP contribution < -0.4 is 10.5 Å². The van der Waals surface area contributed by atoms with Gasteiger partial charge in [-0.1, -0.05) is 30.3 Å². The van der Waals surface area contributed by atoms with Gasteiger partial charge < -0.3 is 18.8 Å². The molecule has 2 atom stereocenters. The molecule has 1 aliphatic rings. The minimum atomic E-state index is 0.00257. The van der Waals surface area contributed by atoms with Crippen molar-refractivity contribution >= 4 is 16.9 Å². The average Bonchev–Trinajstić information content (AvgIpc) is 3.21. The number of ether oxygens (including phenoxy) is 1. The number of benzene rings is 1. The predicted octanol–water partition coefficient (Wildman–Crippen LogP) is 3.94. The Hall–Kier alpha value is -3.45. The van der Waals surface area contributed by atoms with Gasteiger partial charge in [-0.2, -0.15) is 0 Å². The summed E-state index contributed by atoms with van der Waals surface area (Å²) in [7, 11) is 1.78. The molecular weight excluding hydrogens is 414 g/mol. The van der Waals surface area contributed by atoms with Gasteiger partial charge in [0.1, 0.15) is 17.2 Å². The zero-order chi connectivity index (χ0) is 23.1. The molecule has 0 aliphatic carbocycles. The fourth-order valence-corrected chi connectivity index (χ4v) is 4.69. The van der Waals surface area contributed by atoms with Gasteiger partial charge >= 0.3 is 0 Å². The molecule has 1 saturated heterocycles. The highest BCUT2D eigenvalue weighted by Gasteiger charge is 2.24. The molecule has 1 fully saturated rings. The molecule has 7 heteroatoms. The first-order valence-corrected chi connectivity index (χ1v) is 11.4. The largest absolute Gasteiger partial charge is 0.377 e. The van der Waals surface area contributed by atoms with Crippen molar-refractivity contribution in [3.8, 4) is 11.4 Å². The highest BCUT2D eigenvalue weighted by Crippen LogP contribution is 2.33. The molecule has 170 valence electrons. The summed E-state index contributed by atoms with van der Waals surface area (Å²) in [6.45, 7) is 8.40. The predicted molar refractivity (Wildman–Crippen MR) is 131 cm³/mol. The van der Waals surface area contributed by atoms with E-state index in [1.165, 1.54) is 5.56 Å². The second-order valence-electron chi connectivity index (χ2n) is 8.87. The summed E-state index contributed by atoms with van der Waals surface area (Å²) in [5, 5.41) is 0. The third kappa shape index (κ3) is 3.82. The van der Waals surface area contributed by atoms with Crippen molar-refractivity contribution in [1.29, 1.82) is 0 Å². The van der Waals surface area contributed by atoms with E-state index in [9.17, 15) is 4.79 Å². The van der Waals surface area contributed by atoms with Crippen molar-refractivity contribution in [2.75, 3.05) is 24.7 Å². The average molecular weight is 444 g/mol. The van der Waals surface area contributed by atoms with Crippen LogP contribution in [-0.2, 0) is 11.8 Å². The topological polar surface area (TPSA) is 65.2 Å². The number of rotatable bonds is 4. The smallest absolute Gasteiger partial charge is 0.253 e. The molecule has 1 unspecified atom stereocenters. The van der Waals surface area contributed by atoms with Crippen LogP contribution >= 0.6 is 0 Å². The van der Waals surface area contributed by atoms with Crippen molar-refractivity contribution < 1.29 is 4.74 Å². The van der Waals surface area contributed by atoms with Crippen LogP contribution in [0.1, 0.15) is 31.0 Å². The fourth-order valence-electron chi connectivity index (χ4n) is 4.69. The molecule has 0 N–H and O–H groups in total. The SMILES string of the molecule is Cc1cc(-c2nc3cnc(N4CCOC[C@@H]4C)cc3n2C(C)c2ccccc2)cn(C)c1=O. The lowest BCUT2D eigenvalue weighted by molar-refractivity contribution is 0.0985. The molecule has 3 aromatic heterocycles. The summed E-state index contributed by atoms with van der Waals surface area (Å²) in [5.41, 5.74) is 4.66. The number of hydrogen-bond acceptors (Lipinski definition) is 5. The molecule has 5 rings (SSSR count). The van der Waals surface area contributed by atoms with E-state index in [1.807, 2.05) is 31.5 Å². The number of pyridine rings is 2. The second kappa shape index (κ2) is 8.48. The fraction of sp³-hybridized carbons (Fsp3) is 0.346. The summed E-state index contributed by atoms with van der Waals surface area (Å²) < 4.78 is 9.51. The molecule has 0 radical (unpaired) electrons. The summed E-state index contributed by atoms with van der Waals surface area (Å²) >= 11 is 0. The molecular formula is C26H29N5O2. The lowest BCUT2D eigenvalue weighted by Gasteiger charge is -2.34. The molecule has 0 bridgehead atoms. The lowest BCUT2D eigenvalue weighted by atomic mass is 10.1. The van der Waals surface area contributed by atoms with Gasteiger partial charge in [0.15, 0.2) is 0 Å². The van der Waals surface area contributed by atoms with E-state index in [2.05, 4.69) is 53.6 Å². The molecule has 33 heavy (non-hydrogen) atoms. The molecule has 0 spiro atoms. The van der Waals surface area contributed by atoms with Crippen molar-refractivity contribution in [2.45, 2.75) is 32.9 Å². The van der Waals surface area contributed by atoms with E-state index in [0.29, 0.717) is 18.8 Å². The van der Waals surface area contributed by atoms with E-state index >= 15 is 0 Å². The number of anilines is 1. The monoisotopic (exact) mass is 443 g/mol. The van der Waals surface area contributed by atoms with E-state index < -0.39 is 0 Å². The Morgan fingerprint density at radius 1 is 1.18 bits per heavy atom. The quantitative estimate of drug-likeness (QED) is 0.478. The first-order chi connectivity index (χ1) is 15.9. The van der Waals surface area contributed by atoms with Gasteiger partial charge in [-0.15, -0.1) is 0 Å². The van der Waals surface area contributed by atoms with Crippen molar-refractivity contribution in [3.05, 3.63) is 76.3 Å². The first-order valence-electron chi connectivity index (χ1n) is 11.4. The Morgan fingerprint density at radius 3 is 2.70 bits per heavy atom. The van der Waals surface area contributed by atoms with Gasteiger partial charge in [-0.3, -0.25) is 4.79 Å². The molecule has 4 heterocycles. The summed E-state index contributed by atoms with van der Waals surface area (Å²) in [4.78, 5) is 24.4. The maximum atomic E-state index is 12.3. The minimum Gasteiger partial charge on any atom is -0.377 e. The van der Waals surface area contributed by atoms with E-state index in [-0.39, 0.29) is 17.6 Å². The van der Waals surface area contributed by atoms with Crippen LogP contribution in [0.3, 0.4) is 0 Å². The van der Waals surface area contributed by atoms with E-state index in [4.69, 9.17) is 14.7 Å². The minimum absolute atomic E-state index is 0.00257. The number of fused-ring (bicyclic) bond motifs is 1. The van der Waals surface area contributed by atoms with Gasteiger partial charge in [0.25, 0.3) is 5.56 Å². The van der Waals surface area contributed by atoms with Crippen molar-refractivity contribution in [3.63, 3.8) is 0 Å². The van der Waals surface area contributed by atoms with Crippen LogP contribution in [0.25, 0.3) is 22.4 Å². The van der Waals surface area contributed by atoms with E-state index in [1.54, 1.807) is 11.6 Å². The highest BCUT2D eigenvalue weighted by molar-refractivity contribution is 5.83. The van der Waals surface area contributed by atoms with Crippen molar-refractivity contribution in [2.24, 2.45) is 7.05 Å². The molecule has 7 nitrogen and oxygen atoms in total. The molecule has 1 aromatic carbocycles. The van der Waals surface area contributed by atoms with Gasteiger partial charge in [0, 0.05) is 37.0 Å². The number of nitrogens with zero attached hydrogens (tertiary/aromatic N) is 5. The Labute approximate surface area is 193 Å². The summed E-state index contributed by atoms with van der Waals surface area (Å²) in [6, 6.07) is 14.8. The molecule has 4 aromatic rings. The van der Waals surface area contributed by atoms with Gasteiger partial charge in [0.05, 0.1) is 37.0 Å². The number of aryl methyl sites for hydroxylation is 2. The highest BCUT2D eigenvalue weighted by atomic mass is 16.5. The maximum Gasteiger partial charge on any atom is 0.253 e. The molecule has 0 amide bonds. The van der Waals surface area contributed by atoms with Gasteiger partial charge in [-0.25, -0.2) is 9.97 Å². The van der Waals surface area contributed by atoms with Crippen LogP contribution in [0.4, 0.5) is 5.82 Å². The summed E-state index contributed by atoms with van der Waals surface area (Å²) in [5.74, 6) is 1.76. The van der Waals surface area contributed by atoms with Crippen LogP contribution in [0.5, 0.6) is 0 Å². The number of imidazole rings is 1. The Bertz CT molecular complexity index is 1330. The number of morpholine rings is 1. The third-order valence-electron chi connectivity index (χ3n) is 6.51. The van der Waals surface area contributed by atoms with Crippen LogP contribution in [0, 0.1) is 6.92 Å². The second-order valence-corrected chi connectivity index (χ2v) is 8.87. The number of hydrogen-bond donors (Lipinski definition) is 0.